The molecular formula is C4HF7O. The average Bonchev–Trinajstić information content (AvgIpc) is 1.49. The van der Waals surface area contributed by atoms with Gasteiger partial charge in [0.1, 0.15) is 0 Å². The van der Waals surface area contributed by atoms with E-state index >= 15 is 0 Å². The van der Waals surface area contributed by atoms with Gasteiger partial charge in [-0.05, 0) is 0 Å². The number of alkyl halides is 5. The van der Waals surface area contributed by atoms with Gasteiger partial charge in [-0.3, -0.25) is 0 Å². The number of rotatable bonds is 1. The monoisotopic (exact) mass is 198 g/mol. The van der Waals surface area contributed by atoms with Gasteiger partial charge in [-0.2, -0.15) is 30.7 Å². The lowest BCUT2D eigenvalue weighted by Crippen LogP contribution is -2.30. The third kappa shape index (κ3) is 2.68. The summed E-state index contributed by atoms with van der Waals surface area (Å²) < 4.78 is 79.2. The highest BCUT2D eigenvalue weighted by atomic mass is 19.4. The summed E-state index contributed by atoms with van der Waals surface area (Å²) >= 11 is 0. The molecule has 1 nitrogen and oxygen atoms in total. The second-order valence-corrected chi connectivity index (χ2v) is 1.67. The lowest BCUT2D eigenvalue weighted by atomic mass is 10.2. The quantitative estimate of drug-likeness (QED) is 0.640. The molecule has 0 aromatic carbocycles. The fraction of sp³-hybridized carbons (Fsp3) is 0.500. The van der Waals surface area contributed by atoms with Crippen LogP contribution in [0.3, 0.4) is 0 Å². The van der Waals surface area contributed by atoms with Crippen LogP contribution in [0.4, 0.5) is 30.7 Å². The number of aliphatic hydroxyl groups is 1. The molecule has 0 saturated heterocycles. The minimum atomic E-state index is -5.95. The topological polar surface area (TPSA) is 20.2 Å². The summed E-state index contributed by atoms with van der Waals surface area (Å²) in [4.78, 5) is 0. The first-order valence-corrected chi connectivity index (χ1v) is 2.30. The van der Waals surface area contributed by atoms with Gasteiger partial charge in [0.05, 0.1) is 0 Å². The Kier molecular flexibility index (Phi) is 2.73. The zero-order valence-electron chi connectivity index (χ0n) is 5.09. The molecule has 0 rings (SSSR count). The van der Waals surface area contributed by atoms with Gasteiger partial charge in [0.15, 0.2) is 5.57 Å². The molecule has 0 saturated carbocycles. The van der Waals surface area contributed by atoms with E-state index in [1.807, 2.05) is 0 Å². The molecule has 0 atom stereocenters. The molecule has 1 N–H and O–H groups in total. The van der Waals surface area contributed by atoms with Crippen molar-refractivity contribution < 1.29 is 35.8 Å². The first kappa shape index (κ1) is 11.2. The summed E-state index contributed by atoms with van der Waals surface area (Å²) in [5.74, 6) is 0. The molecule has 0 amide bonds. The summed E-state index contributed by atoms with van der Waals surface area (Å²) in [6.07, 6.45) is -15.2. The second-order valence-electron chi connectivity index (χ2n) is 1.67. The van der Waals surface area contributed by atoms with Gasteiger partial charge in [-0.25, -0.2) is 0 Å². The maximum absolute atomic E-state index is 11.4. The van der Waals surface area contributed by atoms with Crippen LogP contribution < -0.4 is 0 Å². The smallest absolute Gasteiger partial charge is 0.332 e. The molecule has 12 heavy (non-hydrogen) atoms. The molecule has 0 aromatic rings. The van der Waals surface area contributed by atoms with Crippen molar-refractivity contribution in [1.82, 2.24) is 0 Å². The molecule has 0 aliphatic rings. The Morgan fingerprint density at radius 2 is 1.25 bits per heavy atom. The molecule has 0 aromatic heterocycles. The van der Waals surface area contributed by atoms with Crippen LogP contribution >= 0.6 is 0 Å². The normalized spacial score (nSPS) is 13.0. The molecule has 0 unspecified atom stereocenters. The Labute approximate surface area is 61.1 Å². The predicted octanol–water partition coefficient (Wildman–Crippen LogP) is 2.28. The lowest BCUT2D eigenvalue weighted by Gasteiger charge is -2.14. The van der Waals surface area contributed by atoms with Crippen molar-refractivity contribution in [3.63, 3.8) is 0 Å². The van der Waals surface area contributed by atoms with E-state index in [0.29, 0.717) is 0 Å². The minimum absolute atomic E-state index is 3.53. The van der Waals surface area contributed by atoms with Crippen molar-refractivity contribution in [3.8, 4) is 0 Å². The van der Waals surface area contributed by atoms with E-state index in [0.717, 1.165) is 0 Å². The molecule has 8 heteroatoms. The van der Waals surface area contributed by atoms with Crippen LogP contribution in [-0.4, -0.2) is 17.4 Å². The van der Waals surface area contributed by atoms with Crippen LogP contribution in [0, 0.1) is 0 Å². The number of hydrogen-bond acceptors (Lipinski definition) is 1. The largest absolute Gasteiger partial charge is 0.426 e. The first-order chi connectivity index (χ1) is 5.07. The van der Waals surface area contributed by atoms with E-state index < -0.39 is 23.9 Å². The van der Waals surface area contributed by atoms with Gasteiger partial charge >= 0.3 is 12.3 Å². The fourth-order valence-electron chi connectivity index (χ4n) is 0.391. The van der Waals surface area contributed by atoms with Crippen LogP contribution in [0.15, 0.2) is 11.7 Å². The van der Waals surface area contributed by atoms with Crippen molar-refractivity contribution in [2.75, 3.05) is 0 Å². The Balaban J connectivity index is 5.13. The van der Waals surface area contributed by atoms with Crippen molar-refractivity contribution >= 4 is 0 Å². The van der Waals surface area contributed by atoms with E-state index in [2.05, 4.69) is 0 Å². The van der Waals surface area contributed by atoms with E-state index in [9.17, 15) is 30.7 Å². The Morgan fingerprint density at radius 1 is 0.917 bits per heavy atom. The van der Waals surface area contributed by atoms with Gasteiger partial charge in [0, 0.05) is 0 Å². The van der Waals surface area contributed by atoms with E-state index in [-0.39, 0.29) is 0 Å². The third-order valence-electron chi connectivity index (χ3n) is 0.773. The molecule has 0 fully saturated rings. The highest BCUT2D eigenvalue weighted by Gasteiger charge is 2.53. The highest BCUT2D eigenvalue weighted by Crippen LogP contribution is 2.38. The molecule has 0 radical (unpaired) electrons. The maximum atomic E-state index is 11.4. The van der Waals surface area contributed by atoms with E-state index in [1.54, 1.807) is 0 Å². The predicted molar refractivity (Wildman–Crippen MR) is 22.5 cm³/mol. The van der Waals surface area contributed by atoms with Crippen molar-refractivity contribution in [2.24, 2.45) is 0 Å². The van der Waals surface area contributed by atoms with E-state index in [4.69, 9.17) is 5.11 Å². The summed E-state index contributed by atoms with van der Waals surface area (Å²) in [7, 11) is 0. The molecule has 0 spiro atoms. The summed E-state index contributed by atoms with van der Waals surface area (Å²) in [5.41, 5.74) is -3.53. The average molecular weight is 198 g/mol. The Morgan fingerprint density at radius 3 is 1.25 bits per heavy atom. The molecular weight excluding hydrogens is 197 g/mol. The van der Waals surface area contributed by atoms with Crippen LogP contribution in [-0.2, 0) is 0 Å². The zero-order chi connectivity index (χ0) is 10.2. The zero-order valence-corrected chi connectivity index (χ0v) is 5.09. The van der Waals surface area contributed by atoms with Gasteiger partial charge < -0.3 is 5.11 Å². The van der Waals surface area contributed by atoms with Gasteiger partial charge in [0.25, 0.3) is 6.08 Å². The number of hydrogen-bond donors (Lipinski definition) is 1. The van der Waals surface area contributed by atoms with Crippen molar-refractivity contribution in [1.29, 1.82) is 0 Å². The molecule has 0 aliphatic heterocycles. The van der Waals surface area contributed by atoms with Crippen molar-refractivity contribution in [3.05, 3.63) is 11.7 Å². The molecule has 72 valence electrons. The summed E-state index contributed by atoms with van der Waals surface area (Å²) in [6.45, 7) is 0. The maximum Gasteiger partial charge on any atom is 0.426 e. The highest BCUT2D eigenvalue weighted by molar-refractivity contribution is 5.15. The third-order valence-corrected chi connectivity index (χ3v) is 0.773. The van der Waals surface area contributed by atoms with Crippen molar-refractivity contribution in [2.45, 2.75) is 12.3 Å². The first-order valence-electron chi connectivity index (χ1n) is 2.30. The Bertz CT molecular complexity index is 176. The van der Waals surface area contributed by atoms with Crippen LogP contribution in [0.1, 0.15) is 0 Å². The van der Waals surface area contributed by atoms with E-state index in [1.165, 1.54) is 0 Å². The van der Waals surface area contributed by atoms with Gasteiger partial charge in [-0.1, -0.05) is 0 Å². The lowest BCUT2D eigenvalue weighted by molar-refractivity contribution is -0.217. The van der Waals surface area contributed by atoms with Gasteiger partial charge in [0.2, 0.25) is 0 Å². The van der Waals surface area contributed by atoms with Gasteiger partial charge in [-0.15, -0.1) is 0 Å². The number of halogens is 7. The molecule has 0 bridgehead atoms. The fourth-order valence-corrected chi connectivity index (χ4v) is 0.391. The second kappa shape index (κ2) is 2.92. The molecule has 0 aliphatic carbocycles. The molecule has 0 heterocycles. The minimum Gasteiger partial charge on any atom is -0.332 e. The standard InChI is InChI=1S/C4HF7O/c5-2(6)1(3(7,8)9)4(10,11)12/h12H. The summed E-state index contributed by atoms with van der Waals surface area (Å²) in [6, 6.07) is 0. The van der Waals surface area contributed by atoms with Crippen LogP contribution in [0.2, 0.25) is 0 Å². The SMILES string of the molecule is OC(F)(F)C(=C(F)F)C(F)(F)F. The summed E-state index contributed by atoms with van der Waals surface area (Å²) in [5, 5.41) is 7.39. The van der Waals surface area contributed by atoms with Crippen LogP contribution in [0.5, 0.6) is 0 Å². The Hall–Kier alpha value is -0.790. The van der Waals surface area contributed by atoms with Crippen LogP contribution in [0.25, 0.3) is 0 Å².